The van der Waals surface area contributed by atoms with Crippen LogP contribution in [0.3, 0.4) is 0 Å². The maximum atomic E-state index is 5.65. The third-order valence-electron chi connectivity index (χ3n) is 3.45. The number of epoxide rings is 1. The molecule has 2 fully saturated rings. The molecule has 15 heavy (non-hydrogen) atoms. The van der Waals surface area contributed by atoms with E-state index in [9.17, 15) is 0 Å². The van der Waals surface area contributed by atoms with Crippen molar-refractivity contribution in [3.63, 3.8) is 0 Å². The molecule has 86 valence electrons. The van der Waals surface area contributed by atoms with Crippen molar-refractivity contribution in [3.8, 4) is 0 Å². The van der Waals surface area contributed by atoms with E-state index in [-0.39, 0.29) is 5.60 Å². The second-order valence-corrected chi connectivity index (χ2v) is 4.67. The van der Waals surface area contributed by atoms with Crippen LogP contribution in [0.4, 0.5) is 0 Å². The van der Waals surface area contributed by atoms with Crippen LogP contribution in [-0.4, -0.2) is 31.5 Å². The molecule has 2 rings (SSSR count). The maximum absolute atomic E-state index is 5.65. The van der Waals surface area contributed by atoms with Crippen molar-refractivity contribution in [1.82, 2.24) is 0 Å². The minimum atomic E-state index is 0.225. The van der Waals surface area contributed by atoms with Gasteiger partial charge in [-0.1, -0.05) is 6.58 Å². The Hall–Kier alpha value is -0.540. The van der Waals surface area contributed by atoms with Crippen LogP contribution in [0.25, 0.3) is 0 Å². The summed E-state index contributed by atoms with van der Waals surface area (Å²) in [5, 5.41) is 0. The summed E-state index contributed by atoms with van der Waals surface area (Å²) in [6, 6.07) is 0. The Balaban J connectivity index is 1.55. The lowest BCUT2D eigenvalue weighted by Gasteiger charge is -2.22. The Morgan fingerprint density at radius 3 is 3.13 bits per heavy atom. The molecule has 1 aliphatic heterocycles. The van der Waals surface area contributed by atoms with Crippen LogP contribution in [0, 0.1) is 5.92 Å². The molecule has 1 heterocycles. The molecule has 2 aliphatic rings. The lowest BCUT2D eigenvalue weighted by Crippen LogP contribution is -2.24. The maximum Gasteiger partial charge on any atom is 0.111 e. The van der Waals surface area contributed by atoms with Crippen LogP contribution in [0.2, 0.25) is 0 Å². The van der Waals surface area contributed by atoms with Crippen LogP contribution < -0.4 is 0 Å². The van der Waals surface area contributed by atoms with Crippen molar-refractivity contribution in [3.05, 3.63) is 12.8 Å². The Morgan fingerprint density at radius 2 is 2.40 bits per heavy atom. The Labute approximate surface area is 91.4 Å². The van der Waals surface area contributed by atoms with Gasteiger partial charge in [0.2, 0.25) is 0 Å². The fraction of sp³-hybridized carbons (Fsp3) is 0.833. The highest BCUT2D eigenvalue weighted by atomic mass is 16.6. The topological polar surface area (TPSA) is 31.0 Å². The van der Waals surface area contributed by atoms with Gasteiger partial charge < -0.3 is 14.2 Å². The normalized spacial score (nSPS) is 38.2. The fourth-order valence-electron chi connectivity index (χ4n) is 2.31. The summed E-state index contributed by atoms with van der Waals surface area (Å²) in [7, 11) is 0. The molecule has 3 nitrogen and oxygen atoms in total. The molecule has 0 aromatic rings. The predicted octanol–water partition coefficient (Wildman–Crippen LogP) is 2.12. The lowest BCUT2D eigenvalue weighted by atomic mass is 9.83. The molecule has 0 radical (unpaired) electrons. The highest BCUT2D eigenvalue weighted by Crippen LogP contribution is 2.49. The zero-order valence-corrected chi connectivity index (χ0v) is 9.41. The molecular formula is C12H20O3. The van der Waals surface area contributed by atoms with Crippen LogP contribution >= 0.6 is 0 Å². The van der Waals surface area contributed by atoms with Gasteiger partial charge in [0.25, 0.3) is 0 Å². The first-order valence-electron chi connectivity index (χ1n) is 5.73. The minimum absolute atomic E-state index is 0.225. The summed E-state index contributed by atoms with van der Waals surface area (Å²) in [5.74, 6) is 0.675. The molecule has 0 aromatic carbocycles. The molecule has 0 spiro atoms. The molecule has 3 heteroatoms. The number of ether oxygens (including phenoxy) is 3. The number of fused-ring (bicyclic) bond motifs is 1. The van der Waals surface area contributed by atoms with Crippen molar-refractivity contribution in [2.24, 2.45) is 5.92 Å². The SMILES string of the molecule is C=COCCOCC1CCC2(C)OC2C1. The molecule has 1 saturated carbocycles. The van der Waals surface area contributed by atoms with Gasteiger partial charge in [0, 0.05) is 6.61 Å². The van der Waals surface area contributed by atoms with Gasteiger partial charge in [-0.15, -0.1) is 0 Å². The predicted molar refractivity (Wildman–Crippen MR) is 57.6 cm³/mol. The summed E-state index contributed by atoms with van der Waals surface area (Å²) in [5.41, 5.74) is 0.225. The van der Waals surface area contributed by atoms with E-state index in [4.69, 9.17) is 14.2 Å². The van der Waals surface area contributed by atoms with E-state index in [1.165, 1.54) is 25.5 Å². The average molecular weight is 212 g/mol. The molecule has 0 bridgehead atoms. The molecule has 1 saturated heterocycles. The summed E-state index contributed by atoms with van der Waals surface area (Å²) in [6.07, 6.45) is 5.54. The molecular weight excluding hydrogens is 192 g/mol. The largest absolute Gasteiger partial charge is 0.499 e. The Morgan fingerprint density at radius 1 is 1.53 bits per heavy atom. The van der Waals surface area contributed by atoms with E-state index >= 15 is 0 Å². The number of rotatable bonds is 6. The van der Waals surface area contributed by atoms with E-state index < -0.39 is 0 Å². The van der Waals surface area contributed by atoms with Crippen molar-refractivity contribution >= 4 is 0 Å². The van der Waals surface area contributed by atoms with Gasteiger partial charge in [-0.25, -0.2) is 0 Å². The number of hydrogen-bond acceptors (Lipinski definition) is 3. The second kappa shape index (κ2) is 4.54. The first-order valence-corrected chi connectivity index (χ1v) is 5.73. The van der Waals surface area contributed by atoms with Gasteiger partial charge in [-0.05, 0) is 32.1 Å². The third kappa shape index (κ3) is 2.73. The monoisotopic (exact) mass is 212 g/mol. The summed E-state index contributed by atoms with van der Waals surface area (Å²) >= 11 is 0. The molecule has 3 unspecified atom stereocenters. The fourth-order valence-corrected chi connectivity index (χ4v) is 2.31. The van der Waals surface area contributed by atoms with E-state index in [0.717, 1.165) is 6.61 Å². The van der Waals surface area contributed by atoms with Crippen LogP contribution in [0.1, 0.15) is 26.2 Å². The second-order valence-electron chi connectivity index (χ2n) is 4.67. The van der Waals surface area contributed by atoms with Gasteiger partial charge in [0.1, 0.15) is 6.61 Å². The average Bonchev–Trinajstić information content (AvgIpc) is 2.89. The molecule has 0 N–H and O–H groups in total. The van der Waals surface area contributed by atoms with Gasteiger partial charge in [0.05, 0.1) is 24.6 Å². The van der Waals surface area contributed by atoms with E-state index in [1.807, 2.05) is 0 Å². The smallest absolute Gasteiger partial charge is 0.111 e. The van der Waals surface area contributed by atoms with E-state index in [2.05, 4.69) is 13.5 Å². The first-order chi connectivity index (χ1) is 7.24. The van der Waals surface area contributed by atoms with E-state index in [0.29, 0.717) is 25.2 Å². The number of hydrogen-bond donors (Lipinski definition) is 0. The van der Waals surface area contributed by atoms with Crippen LogP contribution in [-0.2, 0) is 14.2 Å². The van der Waals surface area contributed by atoms with Crippen molar-refractivity contribution < 1.29 is 14.2 Å². The molecule has 0 amide bonds. The van der Waals surface area contributed by atoms with Gasteiger partial charge in [0.15, 0.2) is 0 Å². The minimum Gasteiger partial charge on any atom is -0.499 e. The Kier molecular flexibility index (Phi) is 3.32. The summed E-state index contributed by atoms with van der Waals surface area (Å²) < 4.78 is 16.2. The van der Waals surface area contributed by atoms with Crippen molar-refractivity contribution in [1.29, 1.82) is 0 Å². The van der Waals surface area contributed by atoms with Crippen molar-refractivity contribution in [2.45, 2.75) is 37.9 Å². The Bertz CT molecular complexity index is 229. The highest BCUT2D eigenvalue weighted by molar-refractivity contribution is 5.03. The molecule has 0 aromatic heterocycles. The standard InChI is InChI=1S/C12H20O3/c1-3-13-6-7-14-9-10-4-5-12(2)11(8-10)15-12/h3,10-11H,1,4-9H2,2H3. The zero-order valence-electron chi connectivity index (χ0n) is 9.41. The first kappa shape index (κ1) is 11.0. The van der Waals surface area contributed by atoms with Gasteiger partial charge in [-0.3, -0.25) is 0 Å². The van der Waals surface area contributed by atoms with E-state index in [1.54, 1.807) is 0 Å². The third-order valence-corrected chi connectivity index (χ3v) is 3.45. The van der Waals surface area contributed by atoms with Gasteiger partial charge >= 0.3 is 0 Å². The zero-order chi connectivity index (χ0) is 10.7. The van der Waals surface area contributed by atoms with Gasteiger partial charge in [-0.2, -0.15) is 0 Å². The summed E-state index contributed by atoms with van der Waals surface area (Å²) in [6.45, 7) is 7.80. The van der Waals surface area contributed by atoms with Crippen LogP contribution in [0.15, 0.2) is 12.8 Å². The molecule has 3 atom stereocenters. The highest BCUT2D eigenvalue weighted by Gasteiger charge is 2.55. The molecule has 1 aliphatic carbocycles. The summed E-state index contributed by atoms with van der Waals surface area (Å²) in [4.78, 5) is 0. The quantitative estimate of drug-likeness (QED) is 0.384. The lowest BCUT2D eigenvalue weighted by molar-refractivity contribution is 0.0541. The van der Waals surface area contributed by atoms with Crippen molar-refractivity contribution in [2.75, 3.05) is 19.8 Å². The van der Waals surface area contributed by atoms with Crippen LogP contribution in [0.5, 0.6) is 0 Å².